The van der Waals surface area contributed by atoms with Gasteiger partial charge in [-0.3, -0.25) is 4.79 Å². The minimum absolute atomic E-state index is 0.179. The Morgan fingerprint density at radius 3 is 2.82 bits per heavy atom. The number of pyridine rings is 1. The van der Waals surface area contributed by atoms with Crippen molar-refractivity contribution >= 4 is 22.9 Å². The predicted octanol–water partition coefficient (Wildman–Crippen LogP) is 4.16. The minimum atomic E-state index is -0.179. The standard InChI is InChI=1S/C21H20N2O4S/c1-2-25-20-17(6-3-9-22-20)21(24)23(14-16-5-4-12-28-16)15-7-8-18-19(13-15)27-11-10-26-18/h3-9,12-13H,2,10-11,14H2,1H3. The highest BCUT2D eigenvalue weighted by Crippen LogP contribution is 2.35. The van der Waals surface area contributed by atoms with Crippen LogP contribution in [0, 0.1) is 0 Å². The van der Waals surface area contributed by atoms with Gasteiger partial charge < -0.3 is 19.1 Å². The van der Waals surface area contributed by atoms with Crippen molar-refractivity contribution in [3.63, 3.8) is 0 Å². The maximum atomic E-state index is 13.5. The van der Waals surface area contributed by atoms with Gasteiger partial charge in [0.15, 0.2) is 11.5 Å². The summed E-state index contributed by atoms with van der Waals surface area (Å²) in [6.45, 7) is 3.76. The van der Waals surface area contributed by atoms with E-state index in [0.717, 1.165) is 10.6 Å². The summed E-state index contributed by atoms with van der Waals surface area (Å²) in [6, 6.07) is 13.0. The lowest BCUT2D eigenvalue weighted by Crippen LogP contribution is -2.31. The molecule has 0 N–H and O–H groups in total. The molecule has 0 bridgehead atoms. The largest absolute Gasteiger partial charge is 0.486 e. The first-order valence-corrected chi connectivity index (χ1v) is 9.96. The molecule has 1 aromatic carbocycles. The Labute approximate surface area is 167 Å². The molecular weight excluding hydrogens is 376 g/mol. The highest BCUT2D eigenvalue weighted by atomic mass is 32.1. The van der Waals surface area contributed by atoms with Gasteiger partial charge in [0.2, 0.25) is 5.88 Å². The van der Waals surface area contributed by atoms with Gasteiger partial charge in [0.1, 0.15) is 18.8 Å². The molecule has 3 aromatic rings. The summed E-state index contributed by atoms with van der Waals surface area (Å²) in [7, 11) is 0. The molecule has 0 atom stereocenters. The van der Waals surface area contributed by atoms with Gasteiger partial charge in [-0.1, -0.05) is 6.07 Å². The van der Waals surface area contributed by atoms with E-state index in [2.05, 4.69) is 4.98 Å². The molecule has 2 aromatic heterocycles. The highest BCUT2D eigenvalue weighted by Gasteiger charge is 2.24. The molecule has 1 aliphatic rings. The molecule has 0 radical (unpaired) electrons. The molecule has 3 heterocycles. The fraction of sp³-hybridized carbons (Fsp3) is 0.238. The lowest BCUT2D eigenvalue weighted by molar-refractivity contribution is 0.0980. The number of aromatic nitrogens is 1. The normalized spacial score (nSPS) is 12.5. The Hall–Kier alpha value is -3.06. The van der Waals surface area contributed by atoms with Gasteiger partial charge in [-0.25, -0.2) is 4.98 Å². The summed E-state index contributed by atoms with van der Waals surface area (Å²) >= 11 is 1.61. The predicted molar refractivity (Wildman–Crippen MR) is 108 cm³/mol. The van der Waals surface area contributed by atoms with Crippen LogP contribution in [0.2, 0.25) is 0 Å². The van der Waals surface area contributed by atoms with Gasteiger partial charge >= 0.3 is 0 Å². The molecular formula is C21H20N2O4S. The van der Waals surface area contributed by atoms with E-state index in [1.807, 2.05) is 42.6 Å². The van der Waals surface area contributed by atoms with Crippen LogP contribution in [0.3, 0.4) is 0 Å². The molecule has 0 saturated heterocycles. The summed E-state index contributed by atoms with van der Waals surface area (Å²) in [5.41, 5.74) is 1.16. The van der Waals surface area contributed by atoms with Gasteiger partial charge in [-0.15, -0.1) is 11.3 Å². The number of carbonyl (C=O) groups is 1. The van der Waals surface area contributed by atoms with E-state index in [1.165, 1.54) is 0 Å². The molecule has 144 valence electrons. The van der Waals surface area contributed by atoms with Crippen molar-refractivity contribution in [3.05, 3.63) is 64.5 Å². The third kappa shape index (κ3) is 3.80. The number of thiophene rings is 1. The van der Waals surface area contributed by atoms with Gasteiger partial charge in [0.05, 0.1) is 13.2 Å². The number of fused-ring (bicyclic) bond motifs is 1. The first-order chi connectivity index (χ1) is 13.8. The molecule has 1 aliphatic heterocycles. The second-order valence-electron chi connectivity index (χ2n) is 6.09. The number of hydrogen-bond acceptors (Lipinski definition) is 6. The number of amides is 1. The SMILES string of the molecule is CCOc1ncccc1C(=O)N(Cc1cccs1)c1ccc2c(c1)OCCO2. The molecule has 0 spiro atoms. The van der Waals surface area contributed by atoms with E-state index < -0.39 is 0 Å². The fourth-order valence-corrected chi connectivity index (χ4v) is 3.68. The van der Waals surface area contributed by atoms with Crippen LogP contribution in [0.5, 0.6) is 17.4 Å². The molecule has 0 fully saturated rings. The van der Waals surface area contributed by atoms with Gasteiger partial charge in [0, 0.05) is 22.8 Å². The number of ether oxygens (including phenoxy) is 3. The summed E-state index contributed by atoms with van der Waals surface area (Å²) in [5, 5.41) is 2.00. The third-order valence-electron chi connectivity index (χ3n) is 4.26. The van der Waals surface area contributed by atoms with Crippen molar-refractivity contribution < 1.29 is 19.0 Å². The van der Waals surface area contributed by atoms with Crippen LogP contribution in [-0.4, -0.2) is 30.7 Å². The van der Waals surface area contributed by atoms with Crippen molar-refractivity contribution in [2.75, 3.05) is 24.7 Å². The number of carbonyl (C=O) groups excluding carboxylic acids is 1. The second-order valence-corrected chi connectivity index (χ2v) is 7.12. The maximum Gasteiger partial charge on any atom is 0.264 e. The van der Waals surface area contributed by atoms with Crippen molar-refractivity contribution in [2.24, 2.45) is 0 Å². The van der Waals surface area contributed by atoms with Crippen molar-refractivity contribution in [1.82, 2.24) is 4.98 Å². The number of benzene rings is 1. The van der Waals surface area contributed by atoms with Crippen LogP contribution in [0.1, 0.15) is 22.2 Å². The minimum Gasteiger partial charge on any atom is -0.486 e. The molecule has 7 heteroatoms. The fourth-order valence-electron chi connectivity index (χ4n) is 2.99. The summed E-state index contributed by atoms with van der Waals surface area (Å²) in [5.74, 6) is 1.49. The Kier molecular flexibility index (Phi) is 5.43. The average Bonchev–Trinajstić information content (AvgIpc) is 3.25. The average molecular weight is 396 g/mol. The highest BCUT2D eigenvalue weighted by molar-refractivity contribution is 7.09. The van der Waals surface area contributed by atoms with Gasteiger partial charge in [0.25, 0.3) is 5.91 Å². The molecule has 0 saturated carbocycles. The van der Waals surface area contributed by atoms with E-state index in [1.54, 1.807) is 34.6 Å². The monoisotopic (exact) mass is 396 g/mol. The zero-order valence-corrected chi connectivity index (χ0v) is 16.3. The van der Waals surface area contributed by atoms with E-state index in [9.17, 15) is 4.79 Å². The Morgan fingerprint density at radius 1 is 1.18 bits per heavy atom. The Balaban J connectivity index is 1.73. The number of nitrogens with zero attached hydrogens (tertiary/aromatic N) is 2. The molecule has 1 amide bonds. The molecule has 0 unspecified atom stereocenters. The lowest BCUT2D eigenvalue weighted by Gasteiger charge is -2.25. The second kappa shape index (κ2) is 8.31. The molecule has 28 heavy (non-hydrogen) atoms. The number of rotatable bonds is 6. The van der Waals surface area contributed by atoms with Crippen LogP contribution < -0.4 is 19.1 Å². The topological polar surface area (TPSA) is 60.9 Å². The lowest BCUT2D eigenvalue weighted by atomic mass is 10.2. The zero-order chi connectivity index (χ0) is 19.3. The van der Waals surface area contributed by atoms with E-state index in [0.29, 0.717) is 49.3 Å². The van der Waals surface area contributed by atoms with Crippen molar-refractivity contribution in [2.45, 2.75) is 13.5 Å². The summed E-state index contributed by atoms with van der Waals surface area (Å²) in [4.78, 5) is 20.5. The van der Waals surface area contributed by atoms with Gasteiger partial charge in [-0.2, -0.15) is 0 Å². The number of hydrogen-bond donors (Lipinski definition) is 0. The van der Waals surface area contributed by atoms with Crippen LogP contribution in [-0.2, 0) is 6.54 Å². The summed E-state index contributed by atoms with van der Waals surface area (Å²) < 4.78 is 16.9. The molecule has 4 rings (SSSR count). The van der Waals surface area contributed by atoms with Crippen LogP contribution in [0.4, 0.5) is 5.69 Å². The van der Waals surface area contributed by atoms with Crippen molar-refractivity contribution in [3.8, 4) is 17.4 Å². The smallest absolute Gasteiger partial charge is 0.264 e. The zero-order valence-electron chi connectivity index (χ0n) is 15.5. The summed E-state index contributed by atoms with van der Waals surface area (Å²) in [6.07, 6.45) is 1.62. The van der Waals surface area contributed by atoms with E-state index >= 15 is 0 Å². The first kappa shape index (κ1) is 18.3. The van der Waals surface area contributed by atoms with Crippen LogP contribution in [0.25, 0.3) is 0 Å². The maximum absolute atomic E-state index is 13.5. The molecule has 6 nitrogen and oxygen atoms in total. The van der Waals surface area contributed by atoms with Crippen LogP contribution in [0.15, 0.2) is 54.0 Å². The molecule has 0 aliphatic carbocycles. The third-order valence-corrected chi connectivity index (χ3v) is 5.12. The Bertz CT molecular complexity index is 959. The van der Waals surface area contributed by atoms with Crippen molar-refractivity contribution in [1.29, 1.82) is 0 Å². The van der Waals surface area contributed by atoms with E-state index in [4.69, 9.17) is 14.2 Å². The Morgan fingerprint density at radius 2 is 2.04 bits per heavy atom. The van der Waals surface area contributed by atoms with Gasteiger partial charge in [-0.05, 0) is 42.6 Å². The first-order valence-electron chi connectivity index (χ1n) is 9.08. The quantitative estimate of drug-likeness (QED) is 0.626. The number of anilines is 1. The van der Waals surface area contributed by atoms with E-state index in [-0.39, 0.29) is 5.91 Å². The van der Waals surface area contributed by atoms with Crippen LogP contribution >= 0.6 is 11.3 Å².